The number of nitrogens with two attached hydrogens (primary N) is 1. The third kappa shape index (κ3) is 1.49. The Labute approximate surface area is 101 Å². The van der Waals surface area contributed by atoms with Gasteiger partial charge in [-0.15, -0.1) is 11.3 Å². The summed E-state index contributed by atoms with van der Waals surface area (Å²) in [6.45, 7) is 2.20. The number of hydrogen-bond donors (Lipinski definition) is 1. The fourth-order valence-corrected chi connectivity index (χ4v) is 3.97. The Kier molecular flexibility index (Phi) is 2.08. The molecule has 0 bridgehead atoms. The summed E-state index contributed by atoms with van der Waals surface area (Å²) in [6.07, 6.45) is 2.35. The van der Waals surface area contributed by atoms with Crippen LogP contribution < -0.4 is 10.9 Å². The van der Waals surface area contributed by atoms with E-state index in [-0.39, 0.29) is 5.41 Å². The highest BCUT2D eigenvalue weighted by atomic mass is 35.5. The Morgan fingerprint density at radius 1 is 1.60 bits per heavy atom. The Morgan fingerprint density at radius 3 is 3.00 bits per heavy atom. The maximum atomic E-state index is 6.07. The molecular weight excluding hydrogens is 250 g/mol. The average Bonchev–Trinajstić information content (AvgIpc) is 2.78. The molecule has 3 nitrogen and oxygen atoms in total. The lowest BCUT2D eigenvalue weighted by Crippen LogP contribution is -2.42. The third-order valence-corrected chi connectivity index (χ3v) is 5.05. The molecule has 2 heterocycles. The van der Waals surface area contributed by atoms with Crippen molar-refractivity contribution >= 4 is 46.4 Å². The minimum absolute atomic E-state index is 0.188. The van der Waals surface area contributed by atoms with Crippen molar-refractivity contribution in [1.82, 2.24) is 0 Å². The fraction of sp³-hybridized carbons (Fsp3) is 0.444. The molecule has 1 aromatic heterocycles. The number of hydrogen-bond acceptors (Lipinski definition) is 5. The summed E-state index contributed by atoms with van der Waals surface area (Å²) in [5, 5.41) is 1.70. The zero-order valence-electron chi connectivity index (χ0n) is 8.16. The Morgan fingerprint density at radius 2 is 2.33 bits per heavy atom. The number of rotatable bonds is 1. The number of amidine groups is 1. The summed E-state index contributed by atoms with van der Waals surface area (Å²) >= 11 is 8.98. The van der Waals surface area contributed by atoms with Crippen LogP contribution in [0.2, 0.25) is 4.34 Å². The largest absolute Gasteiger partial charge is 0.263 e. The lowest BCUT2D eigenvalue weighted by atomic mass is 10.1. The molecule has 15 heavy (non-hydrogen) atoms. The van der Waals surface area contributed by atoms with Crippen LogP contribution in [-0.4, -0.2) is 5.84 Å². The molecule has 1 saturated carbocycles. The van der Waals surface area contributed by atoms with Gasteiger partial charge in [0, 0.05) is 17.4 Å². The standard InChI is InChI=1S/C9H10ClN3S2/c1-9(2-3-9)8-12-15-7-5(13(8)11)4-6(10)14-7/h4H,2-3,11H2,1H3. The van der Waals surface area contributed by atoms with Crippen molar-refractivity contribution in [3.05, 3.63) is 10.4 Å². The second-order valence-corrected chi connectivity index (χ2v) is 6.88. The van der Waals surface area contributed by atoms with Gasteiger partial charge in [0.2, 0.25) is 0 Å². The third-order valence-electron chi connectivity index (χ3n) is 2.89. The minimum atomic E-state index is 0.188. The summed E-state index contributed by atoms with van der Waals surface area (Å²) in [5.74, 6) is 7.05. The van der Waals surface area contributed by atoms with Gasteiger partial charge in [-0.1, -0.05) is 18.5 Å². The minimum Gasteiger partial charge on any atom is -0.263 e. The van der Waals surface area contributed by atoms with Gasteiger partial charge in [-0.3, -0.25) is 5.01 Å². The summed E-state index contributed by atoms with van der Waals surface area (Å²) in [4.78, 5) is 0. The maximum Gasteiger partial charge on any atom is 0.138 e. The van der Waals surface area contributed by atoms with Crippen molar-refractivity contribution in [3.8, 4) is 0 Å². The van der Waals surface area contributed by atoms with Crippen LogP contribution >= 0.6 is 34.9 Å². The van der Waals surface area contributed by atoms with Crippen molar-refractivity contribution in [2.45, 2.75) is 24.0 Å². The zero-order valence-corrected chi connectivity index (χ0v) is 10.5. The zero-order chi connectivity index (χ0) is 10.6. The van der Waals surface area contributed by atoms with E-state index in [9.17, 15) is 0 Å². The first-order valence-corrected chi connectivity index (χ1v) is 6.67. The SMILES string of the molecule is CC1(C2=NSc3sc(Cl)cc3N2N)CC1. The molecule has 1 aromatic rings. The molecule has 0 aromatic carbocycles. The van der Waals surface area contributed by atoms with Crippen LogP contribution in [0.4, 0.5) is 5.69 Å². The second-order valence-electron chi connectivity index (χ2n) is 4.16. The van der Waals surface area contributed by atoms with Gasteiger partial charge < -0.3 is 0 Å². The molecule has 6 heteroatoms. The molecule has 0 amide bonds. The van der Waals surface area contributed by atoms with Crippen molar-refractivity contribution in [2.75, 3.05) is 5.01 Å². The van der Waals surface area contributed by atoms with E-state index in [1.807, 2.05) is 6.07 Å². The topological polar surface area (TPSA) is 41.6 Å². The van der Waals surface area contributed by atoms with Crippen LogP contribution in [0.25, 0.3) is 0 Å². The summed E-state index contributed by atoms with van der Waals surface area (Å²) in [7, 11) is 0. The summed E-state index contributed by atoms with van der Waals surface area (Å²) in [6, 6.07) is 1.91. The average molecular weight is 260 g/mol. The first-order valence-electron chi connectivity index (χ1n) is 4.70. The van der Waals surface area contributed by atoms with Gasteiger partial charge in [0.25, 0.3) is 0 Å². The van der Waals surface area contributed by atoms with E-state index in [2.05, 4.69) is 11.3 Å². The smallest absolute Gasteiger partial charge is 0.138 e. The molecule has 2 N–H and O–H groups in total. The lowest BCUT2D eigenvalue weighted by molar-refractivity contribution is 0.774. The number of fused-ring (bicyclic) bond motifs is 1. The second kappa shape index (κ2) is 3.13. The molecule has 1 aliphatic carbocycles. The molecule has 0 spiro atoms. The van der Waals surface area contributed by atoms with Gasteiger partial charge >= 0.3 is 0 Å². The van der Waals surface area contributed by atoms with Gasteiger partial charge in [-0.2, -0.15) is 4.40 Å². The van der Waals surface area contributed by atoms with Crippen molar-refractivity contribution in [2.24, 2.45) is 15.7 Å². The van der Waals surface area contributed by atoms with E-state index in [4.69, 9.17) is 17.4 Å². The molecule has 2 aliphatic rings. The highest BCUT2D eigenvalue weighted by molar-refractivity contribution is 8.00. The first-order chi connectivity index (χ1) is 7.10. The molecule has 80 valence electrons. The van der Waals surface area contributed by atoms with E-state index in [0.717, 1.165) is 20.1 Å². The molecule has 1 aliphatic heterocycles. The van der Waals surface area contributed by atoms with Crippen LogP contribution in [0, 0.1) is 5.41 Å². The van der Waals surface area contributed by atoms with Crippen LogP contribution in [0.1, 0.15) is 19.8 Å². The number of hydrazine groups is 1. The van der Waals surface area contributed by atoms with Crippen LogP contribution in [0.5, 0.6) is 0 Å². The van der Waals surface area contributed by atoms with E-state index in [0.29, 0.717) is 0 Å². The number of nitrogens with zero attached hydrogens (tertiary/aromatic N) is 2. The van der Waals surface area contributed by atoms with E-state index in [1.54, 1.807) is 5.01 Å². The van der Waals surface area contributed by atoms with Gasteiger partial charge in [0.15, 0.2) is 0 Å². The van der Waals surface area contributed by atoms with Gasteiger partial charge in [0.05, 0.1) is 10.0 Å². The Bertz CT molecular complexity index is 450. The van der Waals surface area contributed by atoms with E-state index < -0.39 is 0 Å². The highest BCUT2D eigenvalue weighted by Crippen LogP contribution is 2.52. The summed E-state index contributed by atoms with van der Waals surface area (Å²) in [5.41, 5.74) is 1.18. The molecule has 3 rings (SSSR count). The maximum absolute atomic E-state index is 6.07. The number of thiophene rings is 1. The molecule has 0 saturated heterocycles. The normalized spacial score (nSPS) is 22.3. The monoisotopic (exact) mass is 259 g/mol. The first kappa shape index (κ1) is 9.96. The predicted molar refractivity (Wildman–Crippen MR) is 66.6 cm³/mol. The predicted octanol–water partition coefficient (Wildman–Crippen LogP) is 3.30. The van der Waals surface area contributed by atoms with Crippen molar-refractivity contribution in [1.29, 1.82) is 0 Å². The molecule has 0 atom stereocenters. The summed E-state index contributed by atoms with van der Waals surface area (Å²) < 4.78 is 6.33. The number of anilines is 1. The Hall–Kier alpha value is -0.230. The molecule has 1 fully saturated rings. The van der Waals surface area contributed by atoms with Crippen LogP contribution in [0.3, 0.4) is 0 Å². The van der Waals surface area contributed by atoms with E-state index >= 15 is 0 Å². The van der Waals surface area contributed by atoms with Gasteiger partial charge in [-0.05, 0) is 18.9 Å². The fourth-order valence-electron chi connectivity index (χ4n) is 1.62. The lowest BCUT2D eigenvalue weighted by Gasteiger charge is -2.27. The van der Waals surface area contributed by atoms with Crippen LogP contribution in [-0.2, 0) is 0 Å². The van der Waals surface area contributed by atoms with E-state index in [1.165, 1.54) is 36.1 Å². The quantitative estimate of drug-likeness (QED) is 0.622. The van der Waals surface area contributed by atoms with Crippen LogP contribution in [0.15, 0.2) is 14.7 Å². The Balaban J connectivity index is 2.00. The molecule has 0 unspecified atom stereocenters. The molecule has 0 radical (unpaired) electrons. The van der Waals surface area contributed by atoms with Gasteiger partial charge in [-0.25, -0.2) is 5.84 Å². The molecular formula is C9H10ClN3S2. The highest BCUT2D eigenvalue weighted by Gasteiger charge is 2.46. The number of halogens is 1. The van der Waals surface area contributed by atoms with Gasteiger partial charge in [0.1, 0.15) is 10.0 Å². The van der Waals surface area contributed by atoms with Crippen molar-refractivity contribution in [3.63, 3.8) is 0 Å². The van der Waals surface area contributed by atoms with Crippen molar-refractivity contribution < 1.29 is 0 Å².